The Kier molecular flexibility index (Phi) is 6.79. The van der Waals surface area contributed by atoms with Crippen LogP contribution in [0, 0.1) is 0 Å². The molecule has 0 aromatic heterocycles. The Morgan fingerprint density at radius 2 is 1.87 bits per heavy atom. The third kappa shape index (κ3) is 5.08. The first-order valence-electron chi connectivity index (χ1n) is 8.33. The zero-order chi connectivity index (χ0) is 17.5. The van der Waals surface area contributed by atoms with Crippen LogP contribution in [0.3, 0.4) is 0 Å². The highest BCUT2D eigenvalue weighted by Gasteiger charge is 2.42. The summed E-state index contributed by atoms with van der Waals surface area (Å²) in [6.07, 6.45) is 1.86. The third-order valence-electron chi connectivity index (χ3n) is 3.87. The molecule has 0 bridgehead atoms. The van der Waals surface area contributed by atoms with Crippen LogP contribution in [0.2, 0.25) is 0 Å². The molecular weight excluding hydrogens is 290 g/mol. The van der Waals surface area contributed by atoms with Crippen LogP contribution < -0.4 is 0 Å². The minimum atomic E-state index is -0.500. The summed E-state index contributed by atoms with van der Waals surface area (Å²) >= 11 is 0. The molecule has 4 heteroatoms. The van der Waals surface area contributed by atoms with E-state index >= 15 is 0 Å². The molecule has 1 heterocycles. The van der Waals surface area contributed by atoms with Gasteiger partial charge in [-0.3, -0.25) is 0 Å². The molecular formula is C19H29NO3. The predicted molar refractivity (Wildman–Crippen MR) is 92.6 cm³/mol. The summed E-state index contributed by atoms with van der Waals surface area (Å²) in [5.41, 5.74) is 0.336. The molecule has 0 saturated carbocycles. The topological polar surface area (TPSA) is 46.6 Å². The summed E-state index contributed by atoms with van der Waals surface area (Å²) in [6, 6.07) is 9.96. The van der Waals surface area contributed by atoms with Crippen LogP contribution in [0.5, 0.6) is 0 Å². The number of amides is 1. The van der Waals surface area contributed by atoms with Gasteiger partial charge in [-0.05, 0) is 32.8 Å². The number of benzene rings is 1. The highest BCUT2D eigenvalue weighted by molar-refractivity contribution is 5.69. The van der Waals surface area contributed by atoms with Crippen molar-refractivity contribution < 1.29 is 14.3 Å². The third-order valence-corrected chi connectivity index (χ3v) is 3.87. The van der Waals surface area contributed by atoms with Crippen molar-refractivity contribution in [3.8, 4) is 0 Å². The molecule has 1 aromatic rings. The first kappa shape index (κ1) is 19.2. The lowest BCUT2D eigenvalue weighted by Gasteiger charge is -2.29. The van der Waals surface area contributed by atoms with E-state index in [9.17, 15) is 9.59 Å². The van der Waals surface area contributed by atoms with Gasteiger partial charge in [0.25, 0.3) is 0 Å². The quantitative estimate of drug-likeness (QED) is 0.785. The SMILES string of the molecule is CC.CC(C)(C)OC(=O)N1CCC(CC=O)(c2ccccc2)C1. The molecule has 1 fully saturated rings. The molecule has 128 valence electrons. The number of aldehydes is 1. The molecule has 23 heavy (non-hydrogen) atoms. The Morgan fingerprint density at radius 1 is 1.26 bits per heavy atom. The fourth-order valence-corrected chi connectivity index (χ4v) is 2.83. The number of hydrogen-bond acceptors (Lipinski definition) is 3. The molecule has 1 aliphatic rings. The standard InChI is InChI=1S/C17H23NO3.C2H6/c1-16(2,3)21-15(20)18-11-9-17(13-18,10-12-19)14-7-5-4-6-8-14;1-2/h4-8,12H,9-11,13H2,1-3H3;1-2H3. The molecule has 0 N–H and O–H groups in total. The Labute approximate surface area is 139 Å². The fraction of sp³-hybridized carbons (Fsp3) is 0.579. The first-order chi connectivity index (χ1) is 10.9. The van der Waals surface area contributed by atoms with Crippen LogP contribution in [-0.2, 0) is 14.9 Å². The second-order valence-corrected chi connectivity index (χ2v) is 6.67. The Morgan fingerprint density at radius 3 is 2.39 bits per heavy atom. The second-order valence-electron chi connectivity index (χ2n) is 6.67. The Balaban J connectivity index is 0.00000127. The van der Waals surface area contributed by atoms with Crippen LogP contribution in [0.15, 0.2) is 30.3 Å². The Bertz CT molecular complexity index is 507. The van der Waals surface area contributed by atoms with Gasteiger partial charge in [0.15, 0.2) is 0 Å². The van der Waals surface area contributed by atoms with E-state index in [1.807, 2.05) is 65.0 Å². The van der Waals surface area contributed by atoms with E-state index in [4.69, 9.17) is 4.74 Å². The van der Waals surface area contributed by atoms with Gasteiger partial charge in [0.2, 0.25) is 0 Å². The lowest BCUT2D eigenvalue weighted by molar-refractivity contribution is -0.108. The van der Waals surface area contributed by atoms with Crippen molar-refractivity contribution >= 4 is 12.4 Å². The van der Waals surface area contributed by atoms with Crippen molar-refractivity contribution in [2.24, 2.45) is 0 Å². The molecule has 0 radical (unpaired) electrons. The summed E-state index contributed by atoms with van der Waals surface area (Å²) in [7, 11) is 0. The van der Waals surface area contributed by atoms with Gasteiger partial charge in [0.05, 0.1) is 0 Å². The maximum absolute atomic E-state index is 12.2. The van der Waals surface area contributed by atoms with E-state index in [0.717, 1.165) is 18.3 Å². The largest absolute Gasteiger partial charge is 0.444 e. The van der Waals surface area contributed by atoms with E-state index in [-0.39, 0.29) is 11.5 Å². The van der Waals surface area contributed by atoms with E-state index in [2.05, 4.69) is 0 Å². The van der Waals surface area contributed by atoms with Gasteiger partial charge in [0.1, 0.15) is 11.9 Å². The second kappa shape index (κ2) is 8.14. The van der Waals surface area contributed by atoms with Gasteiger partial charge >= 0.3 is 6.09 Å². The van der Waals surface area contributed by atoms with Gasteiger partial charge < -0.3 is 14.4 Å². The van der Waals surface area contributed by atoms with Crippen LogP contribution >= 0.6 is 0 Å². The highest BCUT2D eigenvalue weighted by Crippen LogP contribution is 2.37. The molecule has 1 atom stereocenters. The van der Waals surface area contributed by atoms with Crippen LogP contribution in [0.1, 0.15) is 53.0 Å². The van der Waals surface area contributed by atoms with Crippen LogP contribution in [0.25, 0.3) is 0 Å². The highest BCUT2D eigenvalue weighted by atomic mass is 16.6. The molecule has 0 aliphatic carbocycles. The van der Waals surface area contributed by atoms with Crippen molar-refractivity contribution in [2.45, 2.75) is 58.5 Å². The Hall–Kier alpha value is -1.84. The summed E-state index contributed by atoms with van der Waals surface area (Å²) in [6.45, 7) is 10.7. The maximum atomic E-state index is 12.2. The molecule has 4 nitrogen and oxygen atoms in total. The lowest BCUT2D eigenvalue weighted by atomic mass is 9.77. The average molecular weight is 319 g/mol. The summed E-state index contributed by atoms with van der Waals surface area (Å²) in [5.74, 6) is 0. The maximum Gasteiger partial charge on any atom is 0.410 e. The summed E-state index contributed by atoms with van der Waals surface area (Å²) in [4.78, 5) is 25.0. The number of likely N-dealkylation sites (tertiary alicyclic amines) is 1. The zero-order valence-corrected chi connectivity index (χ0v) is 15.0. The van der Waals surface area contributed by atoms with Crippen molar-refractivity contribution in [1.82, 2.24) is 4.90 Å². The summed E-state index contributed by atoms with van der Waals surface area (Å²) in [5, 5.41) is 0. The molecule has 0 spiro atoms. The van der Waals surface area contributed by atoms with E-state index in [1.165, 1.54) is 0 Å². The monoisotopic (exact) mass is 319 g/mol. The van der Waals surface area contributed by atoms with E-state index in [1.54, 1.807) is 4.90 Å². The minimum Gasteiger partial charge on any atom is -0.444 e. The number of carbonyl (C=O) groups excluding carboxylic acids is 2. The van der Waals surface area contributed by atoms with Gasteiger partial charge in [-0.2, -0.15) is 0 Å². The fourth-order valence-electron chi connectivity index (χ4n) is 2.83. The molecule has 1 unspecified atom stereocenters. The zero-order valence-electron chi connectivity index (χ0n) is 15.0. The van der Waals surface area contributed by atoms with Gasteiger partial charge in [-0.1, -0.05) is 44.2 Å². The lowest BCUT2D eigenvalue weighted by Crippen LogP contribution is -2.38. The number of hydrogen-bond donors (Lipinski definition) is 0. The number of ether oxygens (including phenoxy) is 1. The van der Waals surface area contributed by atoms with Gasteiger partial charge in [-0.15, -0.1) is 0 Å². The number of nitrogens with zero attached hydrogens (tertiary/aromatic N) is 1. The van der Waals surface area contributed by atoms with Gasteiger partial charge in [0, 0.05) is 24.9 Å². The molecule has 1 amide bonds. The molecule has 1 aromatic carbocycles. The van der Waals surface area contributed by atoms with E-state index in [0.29, 0.717) is 19.5 Å². The summed E-state index contributed by atoms with van der Waals surface area (Å²) < 4.78 is 5.43. The van der Waals surface area contributed by atoms with Crippen LogP contribution in [0.4, 0.5) is 4.79 Å². The average Bonchev–Trinajstić information content (AvgIpc) is 2.95. The molecule has 1 saturated heterocycles. The van der Waals surface area contributed by atoms with Crippen LogP contribution in [-0.4, -0.2) is 36.0 Å². The number of rotatable bonds is 3. The van der Waals surface area contributed by atoms with Crippen molar-refractivity contribution in [3.63, 3.8) is 0 Å². The first-order valence-corrected chi connectivity index (χ1v) is 8.33. The normalized spacial score (nSPS) is 20.5. The van der Waals surface area contributed by atoms with Gasteiger partial charge in [-0.25, -0.2) is 4.79 Å². The number of carbonyl (C=O) groups is 2. The minimum absolute atomic E-state index is 0.278. The van der Waals surface area contributed by atoms with Crippen molar-refractivity contribution in [1.29, 1.82) is 0 Å². The molecule has 2 rings (SSSR count). The van der Waals surface area contributed by atoms with E-state index < -0.39 is 5.60 Å². The smallest absolute Gasteiger partial charge is 0.410 e. The van der Waals surface area contributed by atoms with Crippen molar-refractivity contribution in [3.05, 3.63) is 35.9 Å². The van der Waals surface area contributed by atoms with Crippen molar-refractivity contribution in [2.75, 3.05) is 13.1 Å². The predicted octanol–water partition coefficient (Wildman–Crippen LogP) is 4.18. The molecule has 1 aliphatic heterocycles.